The van der Waals surface area contributed by atoms with Crippen LogP contribution in [0, 0.1) is 24.1 Å². The average molecular weight is 418 g/mol. The Bertz CT molecular complexity index is 904. The van der Waals surface area contributed by atoms with Crippen molar-refractivity contribution in [3.8, 4) is 0 Å². The Morgan fingerprint density at radius 2 is 2.03 bits per heavy atom. The van der Waals surface area contributed by atoms with Crippen LogP contribution < -0.4 is 5.32 Å². The second kappa shape index (κ2) is 8.61. The topological polar surface area (TPSA) is 62.3 Å². The van der Waals surface area contributed by atoms with E-state index in [4.69, 9.17) is 0 Å². The van der Waals surface area contributed by atoms with Crippen LogP contribution in [0.5, 0.6) is 0 Å². The van der Waals surface area contributed by atoms with Gasteiger partial charge in [-0.25, -0.2) is 9.37 Å². The number of halogens is 1. The summed E-state index contributed by atoms with van der Waals surface area (Å²) in [5.74, 6) is -0.513. The summed E-state index contributed by atoms with van der Waals surface area (Å²) in [6.07, 6.45) is 2.02. The lowest BCUT2D eigenvalue weighted by Crippen LogP contribution is -2.47. The molecule has 0 saturated carbocycles. The number of carbonyl (C=O) groups excluding carboxylic acids is 2. The number of rotatable bonds is 4. The van der Waals surface area contributed by atoms with Gasteiger partial charge in [0.25, 0.3) is 0 Å². The van der Waals surface area contributed by atoms with Crippen molar-refractivity contribution < 1.29 is 14.0 Å². The van der Waals surface area contributed by atoms with Crippen molar-refractivity contribution in [3.63, 3.8) is 0 Å². The fraction of sp³-hybridized carbons (Fsp3) is 0.500. The van der Waals surface area contributed by atoms with Gasteiger partial charge in [-0.3, -0.25) is 9.59 Å². The zero-order valence-corrected chi connectivity index (χ0v) is 18.2. The Labute approximate surface area is 175 Å². The number of hydrogen-bond donors (Lipinski definition) is 1. The van der Waals surface area contributed by atoms with Gasteiger partial charge in [0.15, 0.2) is 5.13 Å². The van der Waals surface area contributed by atoms with Crippen LogP contribution in [0.25, 0.3) is 0 Å². The maximum Gasteiger partial charge on any atom is 0.231 e. The predicted molar refractivity (Wildman–Crippen MR) is 113 cm³/mol. The first-order valence-corrected chi connectivity index (χ1v) is 10.8. The molecule has 0 radical (unpaired) electrons. The predicted octanol–water partition coefficient (Wildman–Crippen LogP) is 4.40. The van der Waals surface area contributed by atoms with Gasteiger partial charge in [0.1, 0.15) is 5.82 Å². The number of hydrogen-bond acceptors (Lipinski definition) is 4. The second-order valence-electron chi connectivity index (χ2n) is 8.63. The third kappa shape index (κ3) is 5.21. The molecule has 1 aromatic carbocycles. The van der Waals surface area contributed by atoms with E-state index in [0.717, 1.165) is 23.4 Å². The van der Waals surface area contributed by atoms with Gasteiger partial charge < -0.3 is 10.2 Å². The molecule has 1 saturated heterocycles. The van der Waals surface area contributed by atoms with Crippen LogP contribution in [0.3, 0.4) is 0 Å². The molecular weight excluding hydrogens is 389 g/mol. The molecule has 0 aliphatic carbocycles. The van der Waals surface area contributed by atoms with Gasteiger partial charge in [-0.05, 0) is 31.4 Å². The van der Waals surface area contributed by atoms with E-state index in [-0.39, 0.29) is 23.5 Å². The molecule has 3 rings (SSSR count). The molecule has 29 heavy (non-hydrogen) atoms. The number of aryl methyl sites for hydroxylation is 1. The van der Waals surface area contributed by atoms with E-state index >= 15 is 0 Å². The molecule has 5 nitrogen and oxygen atoms in total. The van der Waals surface area contributed by atoms with Gasteiger partial charge >= 0.3 is 0 Å². The SMILES string of the molecule is Cc1nc(NC(=O)C2CCCN(C(=O)C(C)(C)C)C2)sc1Cc1ccccc1F. The highest BCUT2D eigenvalue weighted by Crippen LogP contribution is 2.28. The summed E-state index contributed by atoms with van der Waals surface area (Å²) in [6, 6.07) is 6.69. The lowest BCUT2D eigenvalue weighted by Gasteiger charge is -2.35. The molecule has 1 aromatic heterocycles. The second-order valence-corrected chi connectivity index (χ2v) is 9.71. The van der Waals surface area contributed by atoms with Crippen molar-refractivity contribution in [3.05, 3.63) is 46.2 Å². The van der Waals surface area contributed by atoms with Crippen molar-refractivity contribution in [2.24, 2.45) is 11.3 Å². The molecule has 156 valence electrons. The van der Waals surface area contributed by atoms with Gasteiger partial charge in [0.2, 0.25) is 11.8 Å². The number of amides is 2. The summed E-state index contributed by atoms with van der Waals surface area (Å²) >= 11 is 1.38. The van der Waals surface area contributed by atoms with E-state index in [2.05, 4.69) is 10.3 Å². The molecule has 2 amide bonds. The van der Waals surface area contributed by atoms with Crippen LogP contribution >= 0.6 is 11.3 Å². The third-order valence-corrected chi connectivity index (χ3v) is 6.23. The van der Waals surface area contributed by atoms with Crippen molar-refractivity contribution in [1.82, 2.24) is 9.88 Å². The maximum atomic E-state index is 13.9. The lowest BCUT2D eigenvalue weighted by molar-refractivity contribution is -0.142. The van der Waals surface area contributed by atoms with Crippen molar-refractivity contribution in [2.75, 3.05) is 18.4 Å². The number of benzene rings is 1. The Morgan fingerprint density at radius 1 is 1.31 bits per heavy atom. The molecule has 2 aromatic rings. The number of anilines is 1. The number of nitrogens with zero attached hydrogens (tertiary/aromatic N) is 2. The molecule has 7 heteroatoms. The van der Waals surface area contributed by atoms with Gasteiger partial charge in [-0.1, -0.05) is 39.0 Å². The molecule has 1 atom stereocenters. The summed E-state index contributed by atoms with van der Waals surface area (Å²) in [5.41, 5.74) is 0.953. The van der Waals surface area contributed by atoms with E-state index in [1.807, 2.05) is 33.8 Å². The standard InChI is InChI=1S/C22H28FN3O2S/c1-14-18(12-15-8-5-6-10-17(15)23)29-21(24-14)25-19(27)16-9-7-11-26(13-16)20(28)22(2,3)4/h5-6,8,10,16H,7,9,11-13H2,1-4H3,(H,24,25,27). The Kier molecular flexibility index (Phi) is 6.36. The number of likely N-dealkylation sites (tertiary alicyclic amines) is 1. The molecular formula is C22H28FN3O2S. The monoisotopic (exact) mass is 417 g/mol. The Balaban J connectivity index is 1.65. The fourth-order valence-electron chi connectivity index (χ4n) is 3.52. The third-order valence-electron chi connectivity index (χ3n) is 5.15. The van der Waals surface area contributed by atoms with Crippen LogP contribution in [-0.4, -0.2) is 34.8 Å². The number of aromatic nitrogens is 1. The van der Waals surface area contributed by atoms with E-state index in [1.54, 1.807) is 17.0 Å². The minimum Gasteiger partial charge on any atom is -0.341 e. The van der Waals surface area contributed by atoms with Gasteiger partial charge in [0.05, 0.1) is 11.6 Å². The number of nitrogens with one attached hydrogen (secondary N) is 1. The molecule has 0 bridgehead atoms. The Morgan fingerprint density at radius 3 is 2.72 bits per heavy atom. The summed E-state index contributed by atoms with van der Waals surface area (Å²) in [6.45, 7) is 8.70. The largest absolute Gasteiger partial charge is 0.341 e. The normalized spacial score (nSPS) is 17.3. The maximum absolute atomic E-state index is 13.9. The zero-order chi connectivity index (χ0) is 21.2. The molecule has 1 aliphatic heterocycles. The van der Waals surface area contributed by atoms with Crippen molar-refractivity contribution in [2.45, 2.75) is 47.0 Å². The lowest BCUT2D eigenvalue weighted by atomic mass is 9.91. The molecule has 2 heterocycles. The summed E-state index contributed by atoms with van der Waals surface area (Å²) < 4.78 is 13.9. The van der Waals surface area contributed by atoms with E-state index in [9.17, 15) is 14.0 Å². The Hall–Kier alpha value is -2.28. The van der Waals surface area contributed by atoms with Crippen LogP contribution in [0.1, 0.15) is 49.7 Å². The van der Waals surface area contributed by atoms with Crippen molar-refractivity contribution in [1.29, 1.82) is 0 Å². The van der Waals surface area contributed by atoms with Gasteiger partial charge in [-0.2, -0.15) is 0 Å². The fourth-order valence-corrected chi connectivity index (χ4v) is 4.51. The smallest absolute Gasteiger partial charge is 0.231 e. The first kappa shape index (κ1) is 21.4. The molecule has 0 spiro atoms. The number of thiazole rings is 1. The van der Waals surface area contributed by atoms with E-state index in [1.165, 1.54) is 17.4 Å². The number of piperidine rings is 1. The van der Waals surface area contributed by atoms with Crippen LogP contribution in [0.2, 0.25) is 0 Å². The minimum atomic E-state index is -0.452. The molecule has 1 fully saturated rings. The highest BCUT2D eigenvalue weighted by Gasteiger charge is 2.33. The van der Waals surface area contributed by atoms with E-state index in [0.29, 0.717) is 30.2 Å². The first-order chi connectivity index (χ1) is 13.6. The van der Waals surface area contributed by atoms with Gasteiger partial charge in [-0.15, -0.1) is 11.3 Å². The van der Waals surface area contributed by atoms with Crippen molar-refractivity contribution >= 4 is 28.3 Å². The minimum absolute atomic E-state index is 0.0762. The molecule has 1 aliphatic rings. The van der Waals surface area contributed by atoms with Crippen LogP contribution in [0.4, 0.5) is 9.52 Å². The summed E-state index contributed by atoms with van der Waals surface area (Å²) in [5, 5.41) is 3.43. The van der Waals surface area contributed by atoms with Crippen LogP contribution in [0.15, 0.2) is 24.3 Å². The molecule has 1 N–H and O–H groups in total. The molecule has 1 unspecified atom stereocenters. The highest BCUT2D eigenvalue weighted by atomic mass is 32.1. The quantitative estimate of drug-likeness (QED) is 0.802. The van der Waals surface area contributed by atoms with E-state index < -0.39 is 5.41 Å². The zero-order valence-electron chi connectivity index (χ0n) is 17.4. The average Bonchev–Trinajstić information content (AvgIpc) is 3.01. The highest BCUT2D eigenvalue weighted by molar-refractivity contribution is 7.15. The number of carbonyl (C=O) groups is 2. The van der Waals surface area contributed by atoms with Crippen LogP contribution in [-0.2, 0) is 16.0 Å². The summed E-state index contributed by atoms with van der Waals surface area (Å²) in [4.78, 5) is 32.5. The summed E-state index contributed by atoms with van der Waals surface area (Å²) in [7, 11) is 0. The van der Waals surface area contributed by atoms with Gasteiger partial charge in [0, 0.05) is 29.8 Å². The first-order valence-electron chi connectivity index (χ1n) is 9.95.